The number of ether oxygens (including phenoxy) is 1. The first-order valence-electron chi connectivity index (χ1n) is 11.1. The van der Waals surface area contributed by atoms with Gasteiger partial charge in [0.05, 0.1) is 12.2 Å². The number of nitrogens with zero attached hydrogens (tertiary/aromatic N) is 1. The minimum Gasteiger partial charge on any atom is -0.365 e. The molecule has 0 N–H and O–H groups in total. The molecule has 0 bridgehead atoms. The number of likely N-dealkylation sites (tertiary alicyclic amines) is 1. The minimum absolute atomic E-state index is 0.0207. The van der Waals surface area contributed by atoms with Crippen molar-refractivity contribution in [3.05, 3.63) is 81.4 Å². The maximum Gasteiger partial charge on any atom is 0.226 e. The van der Waals surface area contributed by atoms with Crippen LogP contribution in [0.5, 0.6) is 0 Å². The van der Waals surface area contributed by atoms with E-state index in [4.69, 9.17) is 16.3 Å². The highest BCUT2D eigenvalue weighted by atomic mass is 35.5. The monoisotopic (exact) mass is 457 g/mol. The van der Waals surface area contributed by atoms with E-state index >= 15 is 0 Å². The van der Waals surface area contributed by atoms with Crippen LogP contribution in [0.15, 0.2) is 42.5 Å². The second-order valence-corrected chi connectivity index (χ2v) is 9.81. The number of amides is 1. The zero-order valence-corrected chi connectivity index (χ0v) is 18.9. The molecule has 2 aromatic rings. The summed E-state index contributed by atoms with van der Waals surface area (Å²) in [7, 11) is 0. The van der Waals surface area contributed by atoms with Gasteiger partial charge >= 0.3 is 0 Å². The molecule has 0 aromatic heterocycles. The lowest BCUT2D eigenvalue weighted by Crippen LogP contribution is -2.47. The SMILES string of the molecule is C=C1C[C@@H](C(=O)N2CCC3(CC2)OCc2cc(C)c(Cl)cc23)[C@H](c2ccc(F)cc2F)C1. The van der Waals surface area contributed by atoms with Gasteiger partial charge < -0.3 is 9.64 Å². The molecule has 1 aliphatic carbocycles. The number of aryl methyl sites for hydroxylation is 1. The standard InChI is InChI=1S/C26H26ClF2NO2/c1-15-9-20(19-4-3-18(28)12-24(19)29)21(10-15)25(31)30-7-5-26(6-8-30)22-13-23(27)16(2)11-17(22)14-32-26/h3-4,11-13,20-21H,1,5-10,14H2,2H3/t20-,21+/m0/s1. The first kappa shape index (κ1) is 21.6. The molecule has 0 unspecified atom stereocenters. The topological polar surface area (TPSA) is 29.5 Å². The quantitative estimate of drug-likeness (QED) is 0.516. The molecule has 0 radical (unpaired) electrons. The molecule has 5 rings (SSSR count). The van der Waals surface area contributed by atoms with Crippen molar-refractivity contribution in [3.8, 4) is 0 Å². The Bertz CT molecular complexity index is 1110. The second-order valence-electron chi connectivity index (χ2n) is 9.40. The van der Waals surface area contributed by atoms with E-state index in [1.54, 1.807) is 0 Å². The van der Waals surface area contributed by atoms with E-state index in [-0.39, 0.29) is 17.7 Å². The van der Waals surface area contributed by atoms with Gasteiger partial charge in [-0.05, 0) is 67.0 Å². The lowest BCUT2D eigenvalue weighted by Gasteiger charge is -2.40. The number of allylic oxidation sites excluding steroid dienone is 1. The third kappa shape index (κ3) is 3.56. The second kappa shape index (κ2) is 7.96. The number of carbonyl (C=O) groups is 1. The molecule has 2 aromatic carbocycles. The van der Waals surface area contributed by atoms with E-state index in [1.807, 2.05) is 17.9 Å². The Labute approximate surface area is 192 Å². The van der Waals surface area contributed by atoms with Gasteiger partial charge in [-0.1, -0.05) is 35.9 Å². The van der Waals surface area contributed by atoms with Gasteiger partial charge in [0.15, 0.2) is 0 Å². The Hall–Kier alpha value is -2.24. The fraction of sp³-hybridized carbons (Fsp3) is 0.423. The Balaban J connectivity index is 1.34. The van der Waals surface area contributed by atoms with Gasteiger partial charge in [-0.15, -0.1) is 0 Å². The maximum absolute atomic E-state index is 14.5. The van der Waals surface area contributed by atoms with Crippen LogP contribution in [-0.4, -0.2) is 23.9 Å². The van der Waals surface area contributed by atoms with Crippen LogP contribution in [0.1, 0.15) is 53.9 Å². The molecule has 2 heterocycles. The lowest BCUT2D eigenvalue weighted by atomic mass is 9.82. The van der Waals surface area contributed by atoms with Crippen LogP contribution < -0.4 is 0 Å². The van der Waals surface area contributed by atoms with Crippen molar-refractivity contribution in [1.29, 1.82) is 0 Å². The summed E-state index contributed by atoms with van der Waals surface area (Å²) in [6.07, 6.45) is 2.49. The van der Waals surface area contributed by atoms with Gasteiger partial charge in [0.2, 0.25) is 5.91 Å². The fourth-order valence-electron chi connectivity index (χ4n) is 5.69. The van der Waals surface area contributed by atoms with Crippen molar-refractivity contribution in [2.75, 3.05) is 13.1 Å². The van der Waals surface area contributed by atoms with Crippen molar-refractivity contribution in [2.24, 2.45) is 5.92 Å². The van der Waals surface area contributed by atoms with Crippen LogP contribution in [0, 0.1) is 24.5 Å². The number of halogens is 3. The summed E-state index contributed by atoms with van der Waals surface area (Å²) in [4.78, 5) is 15.4. The molecule has 168 valence electrons. The number of fused-ring (bicyclic) bond motifs is 2. The number of benzene rings is 2. The van der Waals surface area contributed by atoms with E-state index in [1.165, 1.54) is 17.7 Å². The number of rotatable bonds is 2. The van der Waals surface area contributed by atoms with Crippen LogP contribution in [-0.2, 0) is 21.7 Å². The van der Waals surface area contributed by atoms with E-state index in [2.05, 4.69) is 12.6 Å². The third-order valence-corrected chi connectivity index (χ3v) is 7.85. The van der Waals surface area contributed by atoms with Gasteiger partial charge in [-0.3, -0.25) is 4.79 Å². The molecule has 2 atom stereocenters. The molecule has 6 heteroatoms. The number of hydrogen-bond donors (Lipinski definition) is 0. The average molecular weight is 458 g/mol. The fourth-order valence-corrected chi connectivity index (χ4v) is 5.86. The molecule has 1 amide bonds. The molecule has 3 nitrogen and oxygen atoms in total. The maximum atomic E-state index is 14.5. The van der Waals surface area contributed by atoms with Crippen LogP contribution >= 0.6 is 11.6 Å². The van der Waals surface area contributed by atoms with Crippen LogP contribution in [0.2, 0.25) is 5.02 Å². The average Bonchev–Trinajstić information content (AvgIpc) is 3.30. The molecule has 2 fully saturated rings. The van der Waals surface area contributed by atoms with E-state index in [9.17, 15) is 13.6 Å². The van der Waals surface area contributed by atoms with Crippen LogP contribution in [0.3, 0.4) is 0 Å². The van der Waals surface area contributed by atoms with E-state index in [0.717, 1.165) is 27.8 Å². The normalized spacial score (nSPS) is 24.2. The van der Waals surface area contributed by atoms with Crippen molar-refractivity contribution in [2.45, 2.75) is 50.7 Å². The van der Waals surface area contributed by atoms with Crippen molar-refractivity contribution >= 4 is 17.5 Å². The summed E-state index contributed by atoms with van der Waals surface area (Å²) in [5, 5.41) is 0.737. The van der Waals surface area contributed by atoms with Gasteiger partial charge in [0.1, 0.15) is 11.6 Å². The summed E-state index contributed by atoms with van der Waals surface area (Å²) >= 11 is 6.39. The van der Waals surface area contributed by atoms with E-state index in [0.29, 0.717) is 50.9 Å². The first-order chi connectivity index (χ1) is 15.3. The Morgan fingerprint density at radius 2 is 1.94 bits per heavy atom. The highest BCUT2D eigenvalue weighted by Gasteiger charge is 2.46. The summed E-state index contributed by atoms with van der Waals surface area (Å²) in [6, 6.07) is 7.73. The largest absolute Gasteiger partial charge is 0.365 e. The minimum atomic E-state index is -0.612. The molecule has 1 saturated carbocycles. The number of hydrogen-bond acceptors (Lipinski definition) is 2. The van der Waals surface area contributed by atoms with E-state index < -0.39 is 17.2 Å². The van der Waals surface area contributed by atoms with Gasteiger partial charge in [-0.2, -0.15) is 0 Å². The van der Waals surface area contributed by atoms with Crippen molar-refractivity contribution < 1.29 is 18.3 Å². The molecule has 1 saturated heterocycles. The smallest absolute Gasteiger partial charge is 0.226 e. The summed E-state index contributed by atoms with van der Waals surface area (Å²) in [5.74, 6) is -1.86. The predicted molar refractivity (Wildman–Crippen MR) is 119 cm³/mol. The Morgan fingerprint density at radius 1 is 1.19 bits per heavy atom. The third-order valence-electron chi connectivity index (χ3n) is 7.44. The first-order valence-corrected chi connectivity index (χ1v) is 11.5. The zero-order valence-electron chi connectivity index (χ0n) is 18.1. The summed E-state index contributed by atoms with van der Waals surface area (Å²) in [6.45, 7) is 7.76. The highest BCUT2D eigenvalue weighted by Crippen LogP contribution is 2.48. The lowest BCUT2D eigenvalue weighted by molar-refractivity contribution is -0.142. The highest BCUT2D eigenvalue weighted by molar-refractivity contribution is 6.31. The Morgan fingerprint density at radius 3 is 2.66 bits per heavy atom. The zero-order chi connectivity index (χ0) is 22.6. The van der Waals surface area contributed by atoms with Crippen LogP contribution in [0.4, 0.5) is 8.78 Å². The van der Waals surface area contributed by atoms with Crippen LogP contribution in [0.25, 0.3) is 0 Å². The molecule has 2 aliphatic heterocycles. The van der Waals surface area contributed by atoms with Gasteiger partial charge in [0.25, 0.3) is 0 Å². The predicted octanol–water partition coefficient (Wildman–Crippen LogP) is 6.02. The van der Waals surface area contributed by atoms with Crippen molar-refractivity contribution in [1.82, 2.24) is 4.90 Å². The molecule has 3 aliphatic rings. The summed E-state index contributed by atoms with van der Waals surface area (Å²) < 4.78 is 34.1. The molecular weight excluding hydrogens is 432 g/mol. The molecular formula is C26H26ClF2NO2. The van der Waals surface area contributed by atoms with Gasteiger partial charge in [0, 0.05) is 36.0 Å². The summed E-state index contributed by atoms with van der Waals surface area (Å²) in [5.41, 5.74) is 4.29. The Kier molecular flexibility index (Phi) is 5.37. The number of piperidine rings is 1. The van der Waals surface area contributed by atoms with Gasteiger partial charge in [-0.25, -0.2) is 8.78 Å². The number of carbonyl (C=O) groups excluding carboxylic acids is 1. The van der Waals surface area contributed by atoms with Crippen molar-refractivity contribution in [3.63, 3.8) is 0 Å². The molecule has 1 spiro atoms. The molecule has 32 heavy (non-hydrogen) atoms.